The summed E-state index contributed by atoms with van der Waals surface area (Å²) in [4.78, 5) is 12.1. The van der Waals surface area contributed by atoms with Crippen LogP contribution in [0.3, 0.4) is 0 Å². The molecule has 0 bridgehead atoms. The molecular formula is C18H20N2O4. The Labute approximate surface area is 141 Å². The summed E-state index contributed by atoms with van der Waals surface area (Å²) >= 11 is 0. The molecule has 0 atom stereocenters. The van der Waals surface area contributed by atoms with E-state index in [1.165, 1.54) is 7.11 Å². The van der Waals surface area contributed by atoms with E-state index >= 15 is 0 Å². The summed E-state index contributed by atoms with van der Waals surface area (Å²) in [6.07, 6.45) is 1.56. The monoisotopic (exact) mass is 328 g/mol. The molecule has 2 aromatic rings. The number of ether oxygens (including phenoxy) is 3. The number of carbonyl (C=O) groups is 1. The third kappa shape index (κ3) is 4.49. The molecule has 0 aliphatic carbocycles. The molecule has 0 heterocycles. The second-order valence-electron chi connectivity index (χ2n) is 4.77. The Morgan fingerprint density at radius 2 is 1.79 bits per heavy atom. The Morgan fingerprint density at radius 3 is 2.42 bits per heavy atom. The lowest BCUT2D eigenvalue weighted by Gasteiger charge is -2.08. The first-order valence-corrected chi connectivity index (χ1v) is 7.46. The van der Waals surface area contributed by atoms with Crippen LogP contribution in [0.2, 0.25) is 0 Å². The van der Waals surface area contributed by atoms with E-state index in [0.29, 0.717) is 23.7 Å². The van der Waals surface area contributed by atoms with Gasteiger partial charge in [0.2, 0.25) is 0 Å². The summed E-state index contributed by atoms with van der Waals surface area (Å²) in [5.74, 6) is 1.51. The van der Waals surface area contributed by atoms with Gasteiger partial charge in [0.1, 0.15) is 5.75 Å². The van der Waals surface area contributed by atoms with Gasteiger partial charge in [0.15, 0.2) is 11.5 Å². The lowest BCUT2D eigenvalue weighted by Crippen LogP contribution is -2.17. The van der Waals surface area contributed by atoms with E-state index in [1.54, 1.807) is 31.5 Å². The van der Waals surface area contributed by atoms with E-state index in [0.717, 1.165) is 11.3 Å². The number of carbonyl (C=O) groups excluding carboxylic acids is 1. The molecule has 0 aliphatic rings. The van der Waals surface area contributed by atoms with Gasteiger partial charge in [-0.05, 0) is 55.0 Å². The zero-order valence-electron chi connectivity index (χ0n) is 13.9. The van der Waals surface area contributed by atoms with Crippen molar-refractivity contribution in [2.24, 2.45) is 5.10 Å². The number of hydrogen-bond acceptors (Lipinski definition) is 5. The van der Waals surface area contributed by atoms with E-state index in [9.17, 15) is 4.79 Å². The first-order valence-electron chi connectivity index (χ1n) is 7.46. The first kappa shape index (κ1) is 17.3. The quantitative estimate of drug-likeness (QED) is 0.627. The Morgan fingerprint density at radius 1 is 1.08 bits per heavy atom. The Balaban J connectivity index is 1.99. The molecule has 0 aliphatic heterocycles. The smallest absolute Gasteiger partial charge is 0.271 e. The van der Waals surface area contributed by atoms with Crippen LogP contribution in [0, 0.1) is 0 Å². The molecule has 0 radical (unpaired) electrons. The molecular weight excluding hydrogens is 308 g/mol. The highest BCUT2D eigenvalue weighted by Gasteiger charge is 2.09. The number of hydrogen-bond donors (Lipinski definition) is 1. The summed E-state index contributed by atoms with van der Waals surface area (Å²) in [6.45, 7) is 2.55. The molecule has 0 spiro atoms. The molecule has 126 valence electrons. The van der Waals surface area contributed by atoms with Gasteiger partial charge < -0.3 is 14.2 Å². The van der Waals surface area contributed by atoms with Gasteiger partial charge in [-0.15, -0.1) is 0 Å². The van der Waals surface area contributed by atoms with Crippen molar-refractivity contribution in [1.29, 1.82) is 0 Å². The van der Waals surface area contributed by atoms with Crippen molar-refractivity contribution in [2.75, 3.05) is 20.8 Å². The highest BCUT2D eigenvalue weighted by Crippen LogP contribution is 2.27. The van der Waals surface area contributed by atoms with E-state index in [1.807, 2.05) is 31.2 Å². The van der Waals surface area contributed by atoms with Crippen LogP contribution in [0.4, 0.5) is 0 Å². The zero-order valence-corrected chi connectivity index (χ0v) is 13.9. The van der Waals surface area contributed by atoms with Crippen LogP contribution < -0.4 is 19.6 Å². The molecule has 2 rings (SSSR count). The minimum absolute atomic E-state index is 0.335. The fourth-order valence-corrected chi connectivity index (χ4v) is 2.02. The van der Waals surface area contributed by atoms with Gasteiger partial charge in [-0.25, -0.2) is 5.43 Å². The molecule has 1 N–H and O–H groups in total. The molecule has 2 aromatic carbocycles. The number of nitrogens with one attached hydrogen (secondary N) is 1. The van der Waals surface area contributed by atoms with Crippen molar-refractivity contribution in [1.82, 2.24) is 5.43 Å². The van der Waals surface area contributed by atoms with Crippen molar-refractivity contribution in [3.63, 3.8) is 0 Å². The number of rotatable bonds is 7. The molecule has 6 nitrogen and oxygen atoms in total. The van der Waals surface area contributed by atoms with Gasteiger partial charge in [0, 0.05) is 5.56 Å². The van der Waals surface area contributed by atoms with Crippen LogP contribution in [-0.4, -0.2) is 32.9 Å². The van der Waals surface area contributed by atoms with E-state index < -0.39 is 0 Å². The van der Waals surface area contributed by atoms with Gasteiger partial charge in [-0.3, -0.25) is 4.79 Å². The highest BCUT2D eigenvalue weighted by molar-refractivity contribution is 5.95. The van der Waals surface area contributed by atoms with Crippen LogP contribution in [0.25, 0.3) is 0 Å². The fraction of sp³-hybridized carbons (Fsp3) is 0.222. The molecule has 0 saturated heterocycles. The van der Waals surface area contributed by atoms with Crippen molar-refractivity contribution < 1.29 is 19.0 Å². The van der Waals surface area contributed by atoms with Crippen LogP contribution in [0.1, 0.15) is 22.8 Å². The molecule has 0 aromatic heterocycles. The third-order valence-corrected chi connectivity index (χ3v) is 3.22. The molecule has 0 fully saturated rings. The largest absolute Gasteiger partial charge is 0.494 e. The van der Waals surface area contributed by atoms with Crippen molar-refractivity contribution in [2.45, 2.75) is 6.92 Å². The summed E-state index contributed by atoms with van der Waals surface area (Å²) in [7, 11) is 3.06. The summed E-state index contributed by atoms with van der Waals surface area (Å²) in [5, 5.41) is 3.95. The van der Waals surface area contributed by atoms with E-state index in [-0.39, 0.29) is 5.91 Å². The van der Waals surface area contributed by atoms with Crippen LogP contribution in [0.5, 0.6) is 17.2 Å². The van der Waals surface area contributed by atoms with Crippen LogP contribution in [-0.2, 0) is 0 Å². The minimum atomic E-state index is -0.335. The number of methoxy groups -OCH3 is 2. The van der Waals surface area contributed by atoms with Gasteiger partial charge in [0.25, 0.3) is 5.91 Å². The fourth-order valence-electron chi connectivity index (χ4n) is 2.02. The average molecular weight is 328 g/mol. The predicted molar refractivity (Wildman–Crippen MR) is 92.2 cm³/mol. The van der Waals surface area contributed by atoms with Crippen LogP contribution in [0.15, 0.2) is 47.6 Å². The topological polar surface area (TPSA) is 69.2 Å². The van der Waals surface area contributed by atoms with Crippen molar-refractivity contribution >= 4 is 12.1 Å². The third-order valence-electron chi connectivity index (χ3n) is 3.22. The highest BCUT2D eigenvalue weighted by atomic mass is 16.5. The number of benzene rings is 2. The number of amides is 1. The number of nitrogens with zero attached hydrogens (tertiary/aromatic N) is 1. The van der Waals surface area contributed by atoms with Gasteiger partial charge in [0.05, 0.1) is 27.0 Å². The van der Waals surface area contributed by atoms with Gasteiger partial charge in [-0.1, -0.05) is 0 Å². The number of hydrazone groups is 1. The first-order chi connectivity index (χ1) is 11.7. The molecule has 6 heteroatoms. The van der Waals surface area contributed by atoms with Gasteiger partial charge >= 0.3 is 0 Å². The molecule has 1 amide bonds. The van der Waals surface area contributed by atoms with Crippen LogP contribution >= 0.6 is 0 Å². The SMILES string of the molecule is CCOc1ccc(/C=N\NC(=O)c2ccc(OC)c(OC)c2)cc1. The van der Waals surface area contributed by atoms with Crippen molar-refractivity contribution in [3.05, 3.63) is 53.6 Å². The maximum Gasteiger partial charge on any atom is 0.271 e. The Hall–Kier alpha value is -3.02. The second kappa shape index (κ2) is 8.57. The predicted octanol–water partition coefficient (Wildman–Crippen LogP) is 2.87. The molecule has 0 unspecified atom stereocenters. The maximum atomic E-state index is 12.1. The summed E-state index contributed by atoms with van der Waals surface area (Å²) in [5.41, 5.74) is 3.76. The van der Waals surface area contributed by atoms with E-state index in [4.69, 9.17) is 14.2 Å². The molecule has 24 heavy (non-hydrogen) atoms. The minimum Gasteiger partial charge on any atom is -0.494 e. The lowest BCUT2D eigenvalue weighted by atomic mass is 10.2. The Kier molecular flexibility index (Phi) is 6.19. The zero-order chi connectivity index (χ0) is 17.4. The van der Waals surface area contributed by atoms with Crippen molar-refractivity contribution in [3.8, 4) is 17.2 Å². The summed E-state index contributed by atoms with van der Waals surface area (Å²) < 4.78 is 15.7. The maximum absolute atomic E-state index is 12.1. The van der Waals surface area contributed by atoms with E-state index in [2.05, 4.69) is 10.5 Å². The standard InChI is InChI=1S/C18H20N2O4/c1-4-24-15-8-5-13(6-9-15)12-19-20-18(21)14-7-10-16(22-2)17(11-14)23-3/h5-12H,4H2,1-3H3,(H,20,21)/b19-12-. The normalized spacial score (nSPS) is 10.5. The lowest BCUT2D eigenvalue weighted by molar-refractivity contribution is 0.0954. The Bertz CT molecular complexity index is 711. The van der Waals surface area contributed by atoms with Gasteiger partial charge in [-0.2, -0.15) is 5.10 Å². The second-order valence-corrected chi connectivity index (χ2v) is 4.77. The average Bonchev–Trinajstić information content (AvgIpc) is 2.62. The summed E-state index contributed by atoms with van der Waals surface area (Å²) in [6, 6.07) is 12.3. The molecule has 0 saturated carbocycles.